The molecular weight excluding hydrogens is 178 g/mol. The van der Waals surface area contributed by atoms with Crippen molar-refractivity contribution in [1.29, 1.82) is 0 Å². The predicted molar refractivity (Wildman–Crippen MR) is 55.5 cm³/mol. The summed E-state index contributed by atoms with van der Waals surface area (Å²) in [6.07, 6.45) is 0.670. The van der Waals surface area contributed by atoms with Crippen LogP contribution >= 0.6 is 0 Å². The van der Waals surface area contributed by atoms with E-state index in [2.05, 4.69) is 15.6 Å². The Morgan fingerprint density at radius 2 is 2.43 bits per heavy atom. The molecule has 1 aliphatic heterocycles. The van der Waals surface area contributed by atoms with E-state index in [-0.39, 0.29) is 0 Å². The van der Waals surface area contributed by atoms with Crippen LogP contribution in [0.4, 0.5) is 5.69 Å². The molecule has 4 heteroatoms. The quantitative estimate of drug-likeness (QED) is 0.684. The number of carbonyl (C=O) groups excluding carboxylic acids is 1. The Morgan fingerprint density at radius 1 is 1.50 bits per heavy atom. The Bertz CT molecular complexity index is 373. The lowest BCUT2D eigenvalue weighted by Gasteiger charge is -2.04. The molecule has 0 saturated carbocycles. The van der Waals surface area contributed by atoms with E-state index >= 15 is 0 Å². The maximum absolute atomic E-state index is 10.2. The van der Waals surface area contributed by atoms with Gasteiger partial charge >= 0.3 is 0 Å². The summed E-state index contributed by atoms with van der Waals surface area (Å²) in [4.78, 5) is 14.5. The van der Waals surface area contributed by atoms with Crippen LogP contribution in [-0.2, 0) is 4.79 Å². The van der Waals surface area contributed by atoms with Crippen LogP contribution in [0.2, 0.25) is 0 Å². The number of amidine groups is 1. The minimum Gasteiger partial charge on any atom is -0.368 e. The van der Waals surface area contributed by atoms with Crippen LogP contribution < -0.4 is 10.6 Å². The molecule has 0 atom stereocenters. The molecular formula is C10H11N3O. The van der Waals surface area contributed by atoms with Crippen LogP contribution in [0.15, 0.2) is 29.3 Å². The van der Waals surface area contributed by atoms with Gasteiger partial charge in [-0.1, -0.05) is 12.1 Å². The molecule has 14 heavy (non-hydrogen) atoms. The maximum atomic E-state index is 10.2. The summed E-state index contributed by atoms with van der Waals surface area (Å²) in [6.45, 7) is 1.71. The molecule has 1 aliphatic rings. The highest BCUT2D eigenvalue weighted by atomic mass is 16.1. The third kappa shape index (κ3) is 1.74. The normalized spacial score (nSPS) is 14.4. The molecule has 1 aromatic carbocycles. The molecule has 0 bridgehead atoms. The number of amides is 1. The van der Waals surface area contributed by atoms with E-state index in [0.29, 0.717) is 6.41 Å². The van der Waals surface area contributed by atoms with Gasteiger partial charge in [0.1, 0.15) is 5.84 Å². The molecule has 0 unspecified atom stereocenters. The smallest absolute Gasteiger partial charge is 0.211 e. The van der Waals surface area contributed by atoms with Crippen molar-refractivity contribution >= 4 is 17.9 Å². The van der Waals surface area contributed by atoms with Gasteiger partial charge in [0.05, 0.1) is 6.54 Å². The number of rotatable bonds is 3. The second-order valence-corrected chi connectivity index (χ2v) is 3.00. The van der Waals surface area contributed by atoms with Gasteiger partial charge < -0.3 is 10.6 Å². The fraction of sp³-hybridized carbons (Fsp3) is 0.200. The van der Waals surface area contributed by atoms with Crippen LogP contribution in [0.5, 0.6) is 0 Å². The van der Waals surface area contributed by atoms with Crippen LogP contribution in [-0.4, -0.2) is 25.3 Å². The highest BCUT2D eigenvalue weighted by molar-refractivity contribution is 6.00. The average molecular weight is 189 g/mol. The summed E-state index contributed by atoms with van der Waals surface area (Å²) >= 11 is 0. The predicted octanol–water partition coefficient (Wildman–Crippen LogP) is 0.605. The van der Waals surface area contributed by atoms with Gasteiger partial charge in [0.2, 0.25) is 6.41 Å². The van der Waals surface area contributed by atoms with Crippen LogP contribution in [0.1, 0.15) is 5.56 Å². The summed E-state index contributed by atoms with van der Waals surface area (Å²) in [7, 11) is 0. The van der Waals surface area contributed by atoms with Gasteiger partial charge in [-0.3, -0.25) is 9.79 Å². The Kier molecular flexibility index (Phi) is 2.44. The molecule has 0 fully saturated rings. The van der Waals surface area contributed by atoms with Crippen molar-refractivity contribution in [2.24, 2.45) is 4.99 Å². The molecule has 72 valence electrons. The molecule has 0 radical (unpaired) electrons. The Balaban J connectivity index is 2.25. The van der Waals surface area contributed by atoms with E-state index in [1.807, 2.05) is 24.3 Å². The first-order valence-corrected chi connectivity index (χ1v) is 4.49. The van der Waals surface area contributed by atoms with Gasteiger partial charge in [0.15, 0.2) is 0 Å². The van der Waals surface area contributed by atoms with Crippen LogP contribution in [0.25, 0.3) is 0 Å². The van der Waals surface area contributed by atoms with Crippen molar-refractivity contribution in [1.82, 2.24) is 5.32 Å². The van der Waals surface area contributed by atoms with Crippen molar-refractivity contribution in [3.05, 3.63) is 29.8 Å². The SMILES string of the molecule is O=CNc1cccc(C2=NCCN2)c1. The number of benzene rings is 1. The van der Waals surface area contributed by atoms with E-state index in [4.69, 9.17) is 0 Å². The second kappa shape index (κ2) is 3.91. The summed E-state index contributed by atoms with van der Waals surface area (Å²) < 4.78 is 0. The Hall–Kier alpha value is -1.84. The summed E-state index contributed by atoms with van der Waals surface area (Å²) in [5, 5.41) is 5.78. The summed E-state index contributed by atoms with van der Waals surface area (Å²) in [5.74, 6) is 0.902. The van der Waals surface area contributed by atoms with E-state index in [9.17, 15) is 4.79 Å². The van der Waals surface area contributed by atoms with Gasteiger partial charge in [0.25, 0.3) is 0 Å². The molecule has 1 aromatic rings. The van der Waals surface area contributed by atoms with Crippen molar-refractivity contribution < 1.29 is 4.79 Å². The lowest BCUT2D eigenvalue weighted by Crippen LogP contribution is -2.19. The van der Waals surface area contributed by atoms with Gasteiger partial charge in [-0.05, 0) is 12.1 Å². The zero-order valence-electron chi connectivity index (χ0n) is 7.66. The standard InChI is InChI=1S/C10H11N3O/c14-7-13-9-3-1-2-8(6-9)10-11-4-5-12-10/h1-3,6-7H,4-5H2,(H,11,12)(H,13,14). The summed E-state index contributed by atoms with van der Waals surface area (Å²) in [6, 6.07) is 7.59. The Labute approximate surface area is 82.0 Å². The van der Waals surface area contributed by atoms with E-state index in [0.717, 1.165) is 30.2 Å². The number of nitrogens with zero attached hydrogens (tertiary/aromatic N) is 1. The minimum atomic E-state index is 0.670. The van der Waals surface area contributed by atoms with Crippen molar-refractivity contribution in [2.45, 2.75) is 0 Å². The topological polar surface area (TPSA) is 53.5 Å². The first kappa shape index (κ1) is 8.74. The second-order valence-electron chi connectivity index (χ2n) is 3.00. The molecule has 2 rings (SSSR count). The van der Waals surface area contributed by atoms with Crippen LogP contribution in [0, 0.1) is 0 Å². The first-order chi connectivity index (χ1) is 6.90. The molecule has 1 amide bonds. The fourth-order valence-electron chi connectivity index (χ4n) is 1.42. The van der Waals surface area contributed by atoms with Crippen molar-refractivity contribution in [2.75, 3.05) is 18.4 Å². The fourth-order valence-corrected chi connectivity index (χ4v) is 1.42. The van der Waals surface area contributed by atoms with E-state index < -0.39 is 0 Å². The minimum absolute atomic E-state index is 0.670. The molecule has 4 nitrogen and oxygen atoms in total. The zero-order chi connectivity index (χ0) is 9.80. The van der Waals surface area contributed by atoms with Crippen molar-refractivity contribution in [3.8, 4) is 0 Å². The number of hydrogen-bond acceptors (Lipinski definition) is 3. The third-order valence-electron chi connectivity index (χ3n) is 2.04. The largest absolute Gasteiger partial charge is 0.368 e. The molecule has 0 aromatic heterocycles. The summed E-state index contributed by atoms with van der Waals surface area (Å²) in [5.41, 5.74) is 1.79. The number of anilines is 1. The number of hydrogen-bond donors (Lipinski definition) is 2. The number of carbonyl (C=O) groups is 1. The average Bonchev–Trinajstić information content (AvgIpc) is 2.71. The maximum Gasteiger partial charge on any atom is 0.211 e. The third-order valence-corrected chi connectivity index (χ3v) is 2.04. The lowest BCUT2D eigenvalue weighted by atomic mass is 10.2. The van der Waals surface area contributed by atoms with Gasteiger partial charge in [-0.2, -0.15) is 0 Å². The highest BCUT2D eigenvalue weighted by Gasteiger charge is 2.07. The molecule has 1 heterocycles. The monoisotopic (exact) mass is 189 g/mol. The van der Waals surface area contributed by atoms with Crippen LogP contribution in [0.3, 0.4) is 0 Å². The number of aliphatic imine (C=N–C) groups is 1. The van der Waals surface area contributed by atoms with E-state index in [1.165, 1.54) is 0 Å². The van der Waals surface area contributed by atoms with E-state index in [1.54, 1.807) is 0 Å². The number of nitrogens with one attached hydrogen (secondary N) is 2. The zero-order valence-corrected chi connectivity index (χ0v) is 7.66. The molecule has 0 saturated heterocycles. The van der Waals surface area contributed by atoms with Gasteiger partial charge in [0, 0.05) is 17.8 Å². The molecule has 0 spiro atoms. The Morgan fingerprint density at radius 3 is 3.14 bits per heavy atom. The lowest BCUT2D eigenvalue weighted by molar-refractivity contribution is -0.105. The van der Waals surface area contributed by atoms with Crippen molar-refractivity contribution in [3.63, 3.8) is 0 Å². The molecule has 2 N–H and O–H groups in total. The van der Waals surface area contributed by atoms with Gasteiger partial charge in [-0.25, -0.2) is 0 Å². The molecule has 0 aliphatic carbocycles. The highest BCUT2D eigenvalue weighted by Crippen LogP contribution is 2.11. The first-order valence-electron chi connectivity index (χ1n) is 4.49. The van der Waals surface area contributed by atoms with Gasteiger partial charge in [-0.15, -0.1) is 0 Å².